The molecule has 0 aromatic heterocycles. The first-order chi connectivity index (χ1) is 13.7. The van der Waals surface area contributed by atoms with Crippen LogP contribution in [0.1, 0.15) is 30.1 Å². The summed E-state index contributed by atoms with van der Waals surface area (Å²) >= 11 is 0. The van der Waals surface area contributed by atoms with Gasteiger partial charge in [0.1, 0.15) is 10.7 Å². The summed E-state index contributed by atoms with van der Waals surface area (Å²) in [6, 6.07) is 8.98. The molecule has 0 radical (unpaired) electrons. The molecule has 1 heterocycles. The Hall–Kier alpha value is -2.30. The summed E-state index contributed by atoms with van der Waals surface area (Å²) in [5.74, 6) is -1.82. The lowest BCUT2D eigenvalue weighted by molar-refractivity contribution is 0.102. The number of rotatable bonds is 6. The minimum atomic E-state index is -4.05. The monoisotopic (exact) mass is 440 g/mol. The van der Waals surface area contributed by atoms with Crippen molar-refractivity contribution < 1.29 is 26.0 Å². The highest BCUT2D eigenvalue weighted by molar-refractivity contribution is 7.91. The van der Waals surface area contributed by atoms with Crippen LogP contribution < -0.4 is 5.32 Å². The molecule has 29 heavy (non-hydrogen) atoms. The first-order valence-electron chi connectivity index (χ1n) is 9.09. The van der Waals surface area contributed by atoms with Crippen LogP contribution in [0.15, 0.2) is 52.3 Å². The van der Waals surface area contributed by atoms with Gasteiger partial charge < -0.3 is 5.32 Å². The number of halogens is 1. The molecular weight excluding hydrogens is 419 g/mol. The number of carbonyl (C=O) groups excluding carboxylic acids is 1. The van der Waals surface area contributed by atoms with Gasteiger partial charge in [-0.25, -0.2) is 21.2 Å². The standard InChI is InChI=1S/C19H21FN2O5S2/c1-2-28(24,25)17-8-4-3-7-16(17)21-19(23)14-9-10-15(20)18(13-14)29(26,27)22-11-5-6-12-22/h3-4,7-10,13H,2,5-6,11-12H2,1H3,(H,21,23). The van der Waals surface area contributed by atoms with E-state index in [0.29, 0.717) is 25.9 Å². The number of hydrogen-bond donors (Lipinski definition) is 1. The molecule has 10 heteroatoms. The molecule has 1 aliphatic heterocycles. The molecule has 0 atom stereocenters. The van der Waals surface area contributed by atoms with Gasteiger partial charge >= 0.3 is 0 Å². The molecule has 1 amide bonds. The molecule has 156 valence electrons. The van der Waals surface area contributed by atoms with Gasteiger partial charge in [0.15, 0.2) is 9.84 Å². The Morgan fingerprint density at radius 1 is 1.03 bits per heavy atom. The lowest BCUT2D eigenvalue weighted by Gasteiger charge is -2.17. The van der Waals surface area contributed by atoms with Crippen molar-refractivity contribution in [3.8, 4) is 0 Å². The van der Waals surface area contributed by atoms with Crippen LogP contribution in [0, 0.1) is 5.82 Å². The van der Waals surface area contributed by atoms with Crippen molar-refractivity contribution in [1.29, 1.82) is 0 Å². The van der Waals surface area contributed by atoms with Crippen LogP contribution in [0.4, 0.5) is 10.1 Å². The molecular formula is C19H21FN2O5S2. The van der Waals surface area contributed by atoms with E-state index in [0.717, 1.165) is 18.2 Å². The number of sulfone groups is 1. The van der Waals surface area contributed by atoms with Crippen molar-refractivity contribution in [3.05, 3.63) is 53.8 Å². The number of benzene rings is 2. The second-order valence-corrected chi connectivity index (χ2v) is 10.8. The second kappa shape index (κ2) is 8.21. The van der Waals surface area contributed by atoms with Gasteiger partial charge in [-0.15, -0.1) is 0 Å². The Morgan fingerprint density at radius 2 is 1.69 bits per heavy atom. The number of carbonyl (C=O) groups is 1. The lowest BCUT2D eigenvalue weighted by Crippen LogP contribution is -2.29. The Bertz CT molecular complexity index is 1140. The SMILES string of the molecule is CCS(=O)(=O)c1ccccc1NC(=O)c1ccc(F)c(S(=O)(=O)N2CCCC2)c1. The van der Waals surface area contributed by atoms with Crippen LogP contribution in [-0.4, -0.2) is 45.9 Å². The van der Waals surface area contributed by atoms with Crippen molar-refractivity contribution in [2.45, 2.75) is 29.6 Å². The van der Waals surface area contributed by atoms with E-state index in [-0.39, 0.29) is 21.9 Å². The fraction of sp³-hybridized carbons (Fsp3) is 0.316. The van der Waals surface area contributed by atoms with Gasteiger partial charge in [0.25, 0.3) is 5.91 Å². The maximum atomic E-state index is 14.3. The highest BCUT2D eigenvalue weighted by Crippen LogP contribution is 2.26. The van der Waals surface area contributed by atoms with Crippen molar-refractivity contribution in [3.63, 3.8) is 0 Å². The highest BCUT2D eigenvalue weighted by Gasteiger charge is 2.30. The van der Waals surface area contributed by atoms with E-state index in [1.165, 1.54) is 29.4 Å². The third-order valence-corrected chi connectivity index (χ3v) is 8.43. The molecule has 2 aromatic rings. The molecule has 2 aromatic carbocycles. The fourth-order valence-corrected chi connectivity index (χ4v) is 5.76. The summed E-state index contributed by atoms with van der Waals surface area (Å²) < 4.78 is 65.3. The zero-order chi connectivity index (χ0) is 21.2. The van der Waals surface area contributed by atoms with E-state index in [4.69, 9.17) is 0 Å². The highest BCUT2D eigenvalue weighted by atomic mass is 32.2. The van der Waals surface area contributed by atoms with E-state index in [1.807, 2.05) is 0 Å². The Labute approximate surface area is 169 Å². The number of nitrogens with zero attached hydrogens (tertiary/aromatic N) is 1. The van der Waals surface area contributed by atoms with Crippen LogP contribution in [0.2, 0.25) is 0 Å². The summed E-state index contributed by atoms with van der Waals surface area (Å²) in [6.45, 7) is 2.10. The first kappa shape index (κ1) is 21.4. The van der Waals surface area contributed by atoms with Crippen molar-refractivity contribution in [2.24, 2.45) is 0 Å². The molecule has 7 nitrogen and oxygen atoms in total. The second-order valence-electron chi connectivity index (χ2n) is 6.61. The van der Waals surface area contributed by atoms with Crippen LogP contribution in [0.3, 0.4) is 0 Å². The molecule has 1 N–H and O–H groups in total. The summed E-state index contributed by atoms with van der Waals surface area (Å²) in [5, 5.41) is 2.49. The van der Waals surface area contributed by atoms with E-state index in [1.54, 1.807) is 6.07 Å². The molecule has 1 aliphatic rings. The molecule has 0 spiro atoms. The maximum absolute atomic E-state index is 14.3. The van der Waals surface area contributed by atoms with Gasteiger partial charge in [0.05, 0.1) is 16.3 Å². The van der Waals surface area contributed by atoms with Crippen LogP contribution >= 0.6 is 0 Å². The fourth-order valence-electron chi connectivity index (χ4n) is 3.10. The molecule has 0 saturated carbocycles. The Balaban J connectivity index is 1.94. The largest absolute Gasteiger partial charge is 0.321 e. The molecule has 0 unspecified atom stereocenters. The van der Waals surface area contributed by atoms with Gasteiger partial charge in [-0.1, -0.05) is 19.1 Å². The van der Waals surface area contributed by atoms with E-state index in [9.17, 15) is 26.0 Å². The normalized spacial score (nSPS) is 15.4. The van der Waals surface area contributed by atoms with Crippen LogP contribution in [0.5, 0.6) is 0 Å². The van der Waals surface area contributed by atoms with E-state index >= 15 is 0 Å². The third-order valence-electron chi connectivity index (χ3n) is 4.73. The van der Waals surface area contributed by atoms with Crippen molar-refractivity contribution in [1.82, 2.24) is 4.31 Å². The number of hydrogen-bond acceptors (Lipinski definition) is 5. The first-order valence-corrected chi connectivity index (χ1v) is 12.2. The molecule has 1 saturated heterocycles. The predicted molar refractivity (Wildman–Crippen MR) is 107 cm³/mol. The third kappa shape index (κ3) is 4.34. The van der Waals surface area contributed by atoms with E-state index < -0.39 is 36.5 Å². The molecule has 3 rings (SSSR count). The smallest absolute Gasteiger partial charge is 0.255 e. The summed E-state index contributed by atoms with van der Waals surface area (Å²) in [5.41, 5.74) is -0.0134. The average molecular weight is 441 g/mol. The predicted octanol–water partition coefficient (Wildman–Crippen LogP) is 2.66. The zero-order valence-electron chi connectivity index (χ0n) is 15.8. The quantitative estimate of drug-likeness (QED) is 0.744. The lowest BCUT2D eigenvalue weighted by atomic mass is 10.2. The van der Waals surface area contributed by atoms with Gasteiger partial charge in [-0.2, -0.15) is 4.31 Å². The van der Waals surface area contributed by atoms with Crippen LogP contribution in [-0.2, 0) is 19.9 Å². The minimum absolute atomic E-state index is 0.0390. The van der Waals surface area contributed by atoms with Crippen molar-refractivity contribution in [2.75, 3.05) is 24.2 Å². The van der Waals surface area contributed by atoms with Crippen LogP contribution in [0.25, 0.3) is 0 Å². The molecule has 1 fully saturated rings. The Morgan fingerprint density at radius 3 is 2.34 bits per heavy atom. The minimum Gasteiger partial charge on any atom is -0.321 e. The average Bonchev–Trinajstić information content (AvgIpc) is 3.24. The van der Waals surface area contributed by atoms with Gasteiger partial charge in [-0.05, 0) is 43.2 Å². The number of nitrogens with one attached hydrogen (secondary N) is 1. The van der Waals surface area contributed by atoms with Gasteiger partial charge in [0.2, 0.25) is 10.0 Å². The summed E-state index contributed by atoms with van der Waals surface area (Å²) in [6.07, 6.45) is 1.40. The molecule has 0 aliphatic carbocycles. The number of sulfonamides is 1. The number of amides is 1. The van der Waals surface area contributed by atoms with Crippen molar-refractivity contribution >= 4 is 31.5 Å². The van der Waals surface area contributed by atoms with Gasteiger partial charge in [-0.3, -0.25) is 4.79 Å². The van der Waals surface area contributed by atoms with E-state index in [2.05, 4.69) is 5.32 Å². The number of para-hydroxylation sites is 1. The summed E-state index contributed by atoms with van der Waals surface area (Å²) in [4.78, 5) is 12.0. The summed E-state index contributed by atoms with van der Waals surface area (Å²) in [7, 11) is -7.63. The topological polar surface area (TPSA) is 101 Å². The molecule has 0 bridgehead atoms. The zero-order valence-corrected chi connectivity index (χ0v) is 17.4. The Kier molecular flexibility index (Phi) is 6.06. The maximum Gasteiger partial charge on any atom is 0.255 e. The van der Waals surface area contributed by atoms with Gasteiger partial charge in [0, 0.05) is 18.7 Å². The number of anilines is 1.